The van der Waals surface area contributed by atoms with Gasteiger partial charge in [0.05, 0.1) is 6.61 Å². The summed E-state index contributed by atoms with van der Waals surface area (Å²) < 4.78 is 17.3. The van der Waals surface area contributed by atoms with Crippen LogP contribution in [0, 0.1) is 0 Å². The molecule has 3 aliphatic rings. The smallest absolute Gasteiger partial charge is 0.311 e. The maximum atomic E-state index is 11.5. The van der Waals surface area contributed by atoms with Crippen LogP contribution < -0.4 is 0 Å². The Bertz CT molecular complexity index is 719. The number of carbonyl (C=O) groups excluding carboxylic acids is 1. The molecule has 0 aromatic rings. The van der Waals surface area contributed by atoms with Gasteiger partial charge in [-0.15, -0.1) is 0 Å². The minimum atomic E-state index is -0.538. The van der Waals surface area contributed by atoms with Crippen LogP contribution in [0.2, 0.25) is 0 Å². The molecule has 0 unspecified atom stereocenters. The molecule has 0 amide bonds. The van der Waals surface area contributed by atoms with E-state index in [0.29, 0.717) is 13.0 Å². The van der Waals surface area contributed by atoms with Crippen LogP contribution in [-0.2, 0) is 19.0 Å². The average molecular weight is 373 g/mol. The topological polar surface area (TPSA) is 44.8 Å². The number of cyclic esters (lactones) is 1. The number of fused-ring (bicyclic) bond motifs is 1. The van der Waals surface area contributed by atoms with Gasteiger partial charge >= 0.3 is 5.97 Å². The molecule has 2 aliphatic heterocycles. The molecule has 1 saturated heterocycles. The van der Waals surface area contributed by atoms with Gasteiger partial charge in [-0.25, -0.2) is 0 Å². The SMILES string of the molecule is CC1=C(CC/C(C)=C\CCC2=C3OC(C)(C)OCC3=CCC2)OC(=O)CC1. The van der Waals surface area contributed by atoms with Crippen molar-refractivity contribution in [1.29, 1.82) is 0 Å². The van der Waals surface area contributed by atoms with Gasteiger partial charge in [0.15, 0.2) is 0 Å². The van der Waals surface area contributed by atoms with Crippen molar-refractivity contribution in [2.24, 2.45) is 0 Å². The van der Waals surface area contributed by atoms with Gasteiger partial charge < -0.3 is 14.2 Å². The van der Waals surface area contributed by atoms with Crippen molar-refractivity contribution in [1.82, 2.24) is 0 Å². The van der Waals surface area contributed by atoms with Gasteiger partial charge in [0.2, 0.25) is 5.79 Å². The van der Waals surface area contributed by atoms with E-state index in [4.69, 9.17) is 14.2 Å². The summed E-state index contributed by atoms with van der Waals surface area (Å²) in [7, 11) is 0. The first-order valence-corrected chi connectivity index (χ1v) is 10.1. The normalized spacial score (nSPS) is 22.9. The predicted molar refractivity (Wildman–Crippen MR) is 106 cm³/mol. The number of hydrogen-bond acceptors (Lipinski definition) is 4. The highest BCUT2D eigenvalue weighted by atomic mass is 16.7. The lowest BCUT2D eigenvalue weighted by Gasteiger charge is -2.37. The fourth-order valence-electron chi connectivity index (χ4n) is 3.76. The highest BCUT2D eigenvalue weighted by molar-refractivity contribution is 5.72. The van der Waals surface area contributed by atoms with Gasteiger partial charge in [-0.05, 0) is 63.5 Å². The summed E-state index contributed by atoms with van der Waals surface area (Å²) in [4.78, 5) is 11.5. The number of esters is 1. The summed E-state index contributed by atoms with van der Waals surface area (Å²) in [5.74, 6) is 1.32. The van der Waals surface area contributed by atoms with Gasteiger partial charge in [0.1, 0.15) is 11.5 Å². The van der Waals surface area contributed by atoms with E-state index in [1.807, 2.05) is 13.8 Å². The first-order chi connectivity index (χ1) is 12.8. The fourth-order valence-corrected chi connectivity index (χ4v) is 3.76. The Morgan fingerprint density at radius 2 is 2.04 bits per heavy atom. The number of ether oxygens (including phenoxy) is 3. The van der Waals surface area contributed by atoms with Gasteiger partial charge in [-0.1, -0.05) is 17.7 Å². The maximum absolute atomic E-state index is 11.5. The molecule has 0 aromatic heterocycles. The molecule has 4 nitrogen and oxygen atoms in total. The van der Waals surface area contributed by atoms with E-state index in [9.17, 15) is 4.79 Å². The largest absolute Gasteiger partial charge is 0.463 e. The highest BCUT2D eigenvalue weighted by Gasteiger charge is 2.32. The first kappa shape index (κ1) is 19.9. The molecule has 3 rings (SSSR count). The van der Waals surface area contributed by atoms with E-state index < -0.39 is 5.79 Å². The maximum Gasteiger partial charge on any atom is 0.311 e. The van der Waals surface area contributed by atoms with Crippen molar-refractivity contribution < 1.29 is 19.0 Å². The second kappa shape index (κ2) is 8.47. The third kappa shape index (κ3) is 5.35. The van der Waals surface area contributed by atoms with Gasteiger partial charge in [0, 0.05) is 32.3 Å². The van der Waals surface area contributed by atoms with Crippen LogP contribution in [0.4, 0.5) is 0 Å². The molecule has 4 heteroatoms. The average Bonchev–Trinajstić information content (AvgIpc) is 2.62. The Hall–Kier alpha value is -1.81. The van der Waals surface area contributed by atoms with Gasteiger partial charge in [-0.2, -0.15) is 0 Å². The molecule has 1 aliphatic carbocycles. The molecule has 0 saturated carbocycles. The lowest BCUT2D eigenvalue weighted by molar-refractivity contribution is -0.202. The van der Waals surface area contributed by atoms with Crippen LogP contribution in [0.25, 0.3) is 0 Å². The summed E-state index contributed by atoms with van der Waals surface area (Å²) in [6.07, 6.45) is 11.9. The lowest BCUT2D eigenvalue weighted by atomic mass is 9.93. The molecule has 0 atom stereocenters. The molecule has 0 bridgehead atoms. The van der Waals surface area contributed by atoms with E-state index in [2.05, 4.69) is 26.0 Å². The Labute approximate surface area is 162 Å². The molecule has 1 fully saturated rings. The van der Waals surface area contributed by atoms with Crippen LogP contribution in [0.15, 0.2) is 46.0 Å². The standard InChI is InChI=1S/C23H32O4/c1-16(11-13-20-17(2)12-14-21(24)26-20)7-5-8-18-9-6-10-19-15-25-23(3,4)27-22(18)19/h7,10H,5-6,8-9,11-15H2,1-4H3/b16-7-. The molecule has 0 radical (unpaired) electrons. The Morgan fingerprint density at radius 1 is 1.22 bits per heavy atom. The molecule has 2 heterocycles. The molecular weight excluding hydrogens is 340 g/mol. The zero-order valence-corrected chi connectivity index (χ0v) is 17.2. The van der Waals surface area contributed by atoms with Crippen molar-refractivity contribution in [3.05, 3.63) is 46.0 Å². The van der Waals surface area contributed by atoms with E-state index in [0.717, 1.165) is 56.5 Å². The highest BCUT2D eigenvalue weighted by Crippen LogP contribution is 2.37. The monoisotopic (exact) mass is 372 g/mol. The first-order valence-electron chi connectivity index (χ1n) is 10.1. The quantitative estimate of drug-likeness (QED) is 0.432. The van der Waals surface area contributed by atoms with E-state index in [1.165, 1.54) is 22.3 Å². The molecule has 148 valence electrons. The molecule has 0 spiro atoms. The zero-order chi connectivity index (χ0) is 19.4. The molecule has 0 N–H and O–H groups in total. The third-order valence-corrected chi connectivity index (χ3v) is 5.48. The van der Waals surface area contributed by atoms with Crippen molar-refractivity contribution in [3.8, 4) is 0 Å². The van der Waals surface area contributed by atoms with Crippen molar-refractivity contribution >= 4 is 5.97 Å². The summed E-state index contributed by atoms with van der Waals surface area (Å²) in [5, 5.41) is 0. The number of carbonyl (C=O) groups is 1. The van der Waals surface area contributed by atoms with Crippen LogP contribution in [0.1, 0.15) is 79.1 Å². The number of allylic oxidation sites excluding steroid dienone is 6. The van der Waals surface area contributed by atoms with Crippen molar-refractivity contribution in [3.63, 3.8) is 0 Å². The van der Waals surface area contributed by atoms with E-state index in [-0.39, 0.29) is 5.97 Å². The lowest BCUT2D eigenvalue weighted by Crippen LogP contribution is -2.35. The summed E-state index contributed by atoms with van der Waals surface area (Å²) in [5.41, 5.74) is 5.18. The summed E-state index contributed by atoms with van der Waals surface area (Å²) >= 11 is 0. The molecule has 0 aromatic carbocycles. The zero-order valence-electron chi connectivity index (χ0n) is 17.2. The third-order valence-electron chi connectivity index (χ3n) is 5.48. The predicted octanol–water partition coefficient (Wildman–Crippen LogP) is 5.86. The van der Waals surface area contributed by atoms with Crippen LogP contribution in [0.3, 0.4) is 0 Å². The minimum Gasteiger partial charge on any atom is -0.463 e. The van der Waals surface area contributed by atoms with Crippen molar-refractivity contribution in [2.45, 2.75) is 84.8 Å². The number of hydrogen-bond donors (Lipinski definition) is 0. The van der Waals surface area contributed by atoms with Gasteiger partial charge in [-0.3, -0.25) is 4.79 Å². The Balaban J connectivity index is 1.54. The molecule has 27 heavy (non-hydrogen) atoms. The minimum absolute atomic E-state index is 0.0915. The second-order valence-electron chi connectivity index (χ2n) is 8.26. The Kier molecular flexibility index (Phi) is 6.25. The van der Waals surface area contributed by atoms with Crippen LogP contribution in [-0.4, -0.2) is 18.4 Å². The second-order valence-corrected chi connectivity index (χ2v) is 8.26. The summed E-state index contributed by atoms with van der Waals surface area (Å²) in [6, 6.07) is 0. The summed E-state index contributed by atoms with van der Waals surface area (Å²) in [6.45, 7) is 8.83. The van der Waals surface area contributed by atoms with E-state index >= 15 is 0 Å². The van der Waals surface area contributed by atoms with Gasteiger partial charge in [0.25, 0.3) is 0 Å². The fraction of sp³-hybridized carbons (Fsp3) is 0.609. The van der Waals surface area contributed by atoms with Crippen molar-refractivity contribution in [2.75, 3.05) is 6.61 Å². The number of rotatable bonds is 6. The molecular formula is C23H32O4. The van der Waals surface area contributed by atoms with E-state index in [1.54, 1.807) is 0 Å². The van der Waals surface area contributed by atoms with Crippen LogP contribution >= 0.6 is 0 Å². The van der Waals surface area contributed by atoms with Crippen LogP contribution in [0.5, 0.6) is 0 Å². The Morgan fingerprint density at radius 3 is 2.85 bits per heavy atom.